The summed E-state index contributed by atoms with van der Waals surface area (Å²) in [6.45, 7) is 0. The first-order valence-electron chi connectivity index (χ1n) is 6.86. The van der Waals surface area contributed by atoms with Crippen molar-refractivity contribution < 1.29 is 14.3 Å². The first-order valence-corrected chi connectivity index (χ1v) is 8.53. The second-order valence-electron chi connectivity index (χ2n) is 5.27. The average Bonchev–Trinajstić information content (AvgIpc) is 2.51. The monoisotopic (exact) mass is 368 g/mol. The third-order valence-electron chi connectivity index (χ3n) is 4.28. The fourth-order valence-electron chi connectivity index (χ4n) is 3.24. The summed E-state index contributed by atoms with van der Waals surface area (Å²) >= 11 is 5.34. The van der Waals surface area contributed by atoms with Gasteiger partial charge in [0.2, 0.25) is 11.6 Å². The Morgan fingerprint density at radius 2 is 1.90 bits per heavy atom. The molecule has 3 nitrogen and oxygen atoms in total. The predicted octanol–water partition coefficient (Wildman–Crippen LogP) is 3.63. The fraction of sp³-hybridized carbons (Fsp3) is 0.438. The maximum atomic E-state index is 12.8. The van der Waals surface area contributed by atoms with Crippen molar-refractivity contribution in [3.05, 3.63) is 40.9 Å². The molecule has 0 spiro atoms. The van der Waals surface area contributed by atoms with Gasteiger partial charge in [0.1, 0.15) is 0 Å². The summed E-state index contributed by atoms with van der Waals surface area (Å²) in [6, 6.07) is 10.2. The Labute approximate surface area is 137 Å². The summed E-state index contributed by atoms with van der Waals surface area (Å²) in [5, 5.41) is 0.227. The number of hydrogen-bond donors (Lipinski definition) is 0. The Morgan fingerprint density at radius 3 is 2.52 bits per heavy atom. The minimum absolute atomic E-state index is 0.0281. The number of fused-ring (bicyclic) bond motifs is 2. The molecule has 3 aliphatic rings. The number of thioether (sulfide) groups is 1. The van der Waals surface area contributed by atoms with Crippen LogP contribution in [0.25, 0.3) is 0 Å². The van der Waals surface area contributed by atoms with Crippen LogP contribution >= 0.6 is 27.7 Å². The van der Waals surface area contributed by atoms with Crippen LogP contribution in [-0.2, 0) is 14.3 Å². The van der Waals surface area contributed by atoms with Crippen LogP contribution in [0.5, 0.6) is 0 Å². The lowest BCUT2D eigenvalue weighted by molar-refractivity contribution is -0.235. The Morgan fingerprint density at radius 1 is 1.24 bits per heavy atom. The molecule has 0 radical (unpaired) electrons. The number of Topliss-reactive ketones (excluding diaryl/α,β-unsaturated/α-hetero) is 1. The minimum Gasteiger partial charge on any atom is -0.346 e. The molecule has 2 bridgehead atoms. The Bertz CT molecular complexity index is 568. The van der Waals surface area contributed by atoms with Crippen molar-refractivity contribution in [1.82, 2.24) is 0 Å². The SMILES string of the molecule is COC1(OC)C(=O)[C@@H]2C=C(Br)[C@H]1C[C@H]2Sc1ccccc1. The van der Waals surface area contributed by atoms with Crippen molar-refractivity contribution in [2.24, 2.45) is 11.8 Å². The van der Waals surface area contributed by atoms with Gasteiger partial charge < -0.3 is 9.47 Å². The van der Waals surface area contributed by atoms with Gasteiger partial charge in [0.05, 0.1) is 11.8 Å². The zero-order chi connectivity index (χ0) is 15.0. The Balaban J connectivity index is 1.89. The normalized spacial score (nSPS) is 30.3. The first-order chi connectivity index (χ1) is 10.1. The maximum Gasteiger partial charge on any atom is 0.236 e. The molecule has 0 unspecified atom stereocenters. The quantitative estimate of drug-likeness (QED) is 0.760. The molecule has 112 valence electrons. The standard InChI is InChI=1S/C16H17BrO3S/c1-19-16(20-2)12-9-14(11(15(16)18)8-13(12)17)21-10-6-4-3-5-7-10/h3-8,11-12,14H,9H2,1-2H3/t11-,12-,14-/m1/s1. The smallest absolute Gasteiger partial charge is 0.236 e. The van der Waals surface area contributed by atoms with E-state index < -0.39 is 5.79 Å². The van der Waals surface area contributed by atoms with Gasteiger partial charge in [-0.3, -0.25) is 4.79 Å². The summed E-state index contributed by atoms with van der Waals surface area (Å²) in [5.74, 6) is -1.37. The summed E-state index contributed by atoms with van der Waals surface area (Å²) in [7, 11) is 3.09. The zero-order valence-electron chi connectivity index (χ0n) is 11.9. The predicted molar refractivity (Wildman–Crippen MR) is 86.5 cm³/mol. The molecule has 5 heteroatoms. The van der Waals surface area contributed by atoms with Crippen molar-refractivity contribution in [3.8, 4) is 0 Å². The number of methoxy groups -OCH3 is 2. The molecular weight excluding hydrogens is 352 g/mol. The highest BCUT2D eigenvalue weighted by Crippen LogP contribution is 2.52. The largest absolute Gasteiger partial charge is 0.346 e. The van der Waals surface area contributed by atoms with Crippen molar-refractivity contribution in [2.45, 2.75) is 22.4 Å². The maximum absolute atomic E-state index is 12.8. The number of rotatable bonds is 4. The molecule has 0 N–H and O–H groups in total. The van der Waals surface area contributed by atoms with Gasteiger partial charge in [0.15, 0.2) is 0 Å². The van der Waals surface area contributed by atoms with Gasteiger partial charge in [-0.1, -0.05) is 40.2 Å². The van der Waals surface area contributed by atoms with Gasteiger partial charge in [-0.2, -0.15) is 0 Å². The molecule has 0 aliphatic heterocycles. The van der Waals surface area contributed by atoms with E-state index >= 15 is 0 Å². The van der Waals surface area contributed by atoms with E-state index in [1.165, 1.54) is 4.90 Å². The fourth-order valence-corrected chi connectivity index (χ4v) is 5.31. The lowest BCUT2D eigenvalue weighted by Gasteiger charge is -2.49. The van der Waals surface area contributed by atoms with Gasteiger partial charge >= 0.3 is 0 Å². The average molecular weight is 369 g/mol. The number of ether oxygens (including phenoxy) is 2. The molecule has 0 saturated heterocycles. The summed E-state index contributed by atoms with van der Waals surface area (Å²) < 4.78 is 12.0. The number of ketones is 1. The van der Waals surface area contributed by atoms with Crippen LogP contribution in [-0.4, -0.2) is 31.0 Å². The van der Waals surface area contributed by atoms with E-state index in [4.69, 9.17) is 9.47 Å². The van der Waals surface area contributed by atoms with Gasteiger partial charge in [-0.05, 0) is 18.6 Å². The van der Waals surface area contributed by atoms with Crippen LogP contribution in [0, 0.1) is 11.8 Å². The van der Waals surface area contributed by atoms with E-state index in [9.17, 15) is 4.79 Å². The van der Waals surface area contributed by atoms with E-state index in [-0.39, 0.29) is 22.9 Å². The van der Waals surface area contributed by atoms with Gasteiger partial charge in [-0.25, -0.2) is 0 Å². The Kier molecular flexibility index (Phi) is 4.28. The molecule has 1 aromatic rings. The highest BCUT2D eigenvalue weighted by molar-refractivity contribution is 9.11. The van der Waals surface area contributed by atoms with Gasteiger partial charge in [-0.15, -0.1) is 11.8 Å². The zero-order valence-corrected chi connectivity index (χ0v) is 14.3. The molecule has 1 fully saturated rings. The van der Waals surface area contributed by atoms with Crippen LogP contribution in [0.4, 0.5) is 0 Å². The third kappa shape index (κ3) is 2.40. The van der Waals surface area contributed by atoms with E-state index in [1.54, 1.807) is 26.0 Å². The van der Waals surface area contributed by atoms with E-state index in [2.05, 4.69) is 28.1 Å². The summed E-state index contributed by atoms with van der Waals surface area (Å²) in [5.41, 5.74) is 0. The minimum atomic E-state index is -1.13. The number of carbonyl (C=O) groups is 1. The molecule has 3 aliphatic carbocycles. The molecule has 21 heavy (non-hydrogen) atoms. The van der Waals surface area contributed by atoms with Gasteiger partial charge in [0.25, 0.3) is 0 Å². The molecule has 1 aromatic carbocycles. The van der Waals surface area contributed by atoms with Crippen LogP contribution in [0.3, 0.4) is 0 Å². The summed E-state index contributed by atoms with van der Waals surface area (Å²) in [4.78, 5) is 14.0. The van der Waals surface area contributed by atoms with Crippen molar-refractivity contribution >= 4 is 33.5 Å². The number of halogens is 1. The highest BCUT2D eigenvalue weighted by atomic mass is 79.9. The second-order valence-corrected chi connectivity index (χ2v) is 7.50. The van der Waals surface area contributed by atoms with Crippen LogP contribution < -0.4 is 0 Å². The topological polar surface area (TPSA) is 35.5 Å². The molecule has 0 aromatic heterocycles. The molecular formula is C16H17BrO3S. The van der Waals surface area contributed by atoms with E-state index in [0.717, 1.165) is 10.9 Å². The second kappa shape index (κ2) is 5.88. The third-order valence-corrected chi connectivity index (χ3v) is 6.43. The van der Waals surface area contributed by atoms with Crippen molar-refractivity contribution in [2.75, 3.05) is 14.2 Å². The highest BCUT2D eigenvalue weighted by Gasteiger charge is 2.59. The van der Waals surface area contributed by atoms with Gasteiger partial charge in [0, 0.05) is 28.8 Å². The summed E-state index contributed by atoms with van der Waals surface area (Å²) in [6.07, 6.45) is 2.88. The number of allylic oxidation sites excluding steroid dienone is 1. The van der Waals surface area contributed by atoms with E-state index in [1.807, 2.05) is 24.3 Å². The van der Waals surface area contributed by atoms with Crippen LogP contribution in [0.2, 0.25) is 0 Å². The molecule has 0 amide bonds. The lowest BCUT2D eigenvalue weighted by Crippen LogP contribution is -2.60. The lowest BCUT2D eigenvalue weighted by atomic mass is 9.70. The number of benzene rings is 1. The number of carbonyl (C=O) groups excluding carboxylic acids is 1. The molecule has 1 saturated carbocycles. The molecule has 4 rings (SSSR count). The molecule has 0 heterocycles. The first kappa shape index (κ1) is 15.3. The van der Waals surface area contributed by atoms with E-state index in [0.29, 0.717) is 0 Å². The Hall–Kier alpha value is -0.620. The van der Waals surface area contributed by atoms with Crippen molar-refractivity contribution in [1.29, 1.82) is 0 Å². The van der Waals surface area contributed by atoms with Crippen LogP contribution in [0.1, 0.15) is 6.42 Å². The van der Waals surface area contributed by atoms with Crippen LogP contribution in [0.15, 0.2) is 45.8 Å². The number of hydrogen-bond acceptors (Lipinski definition) is 4. The van der Waals surface area contributed by atoms with Crippen molar-refractivity contribution in [3.63, 3.8) is 0 Å². The molecule has 3 atom stereocenters.